The molecule has 0 aromatic rings. The lowest BCUT2D eigenvalue weighted by molar-refractivity contribution is -0.0740. The van der Waals surface area contributed by atoms with Gasteiger partial charge in [0, 0.05) is 6.61 Å². The molecule has 0 unspecified atom stereocenters. The predicted molar refractivity (Wildman–Crippen MR) is 57.3 cm³/mol. The molecule has 0 rings (SSSR count). The number of halogens is 2. The van der Waals surface area contributed by atoms with Crippen LogP contribution in [0.5, 0.6) is 0 Å². The topological polar surface area (TPSA) is 21.3 Å². The van der Waals surface area contributed by atoms with Crippen molar-refractivity contribution in [3.63, 3.8) is 0 Å². The van der Waals surface area contributed by atoms with Gasteiger partial charge in [-0.1, -0.05) is 6.92 Å². The van der Waals surface area contributed by atoms with Crippen LogP contribution in [-0.2, 0) is 4.74 Å². The van der Waals surface area contributed by atoms with E-state index < -0.39 is 12.5 Å². The summed E-state index contributed by atoms with van der Waals surface area (Å²) in [5, 5.41) is 2.61. The highest BCUT2D eigenvalue weighted by Crippen LogP contribution is 2.12. The van der Waals surface area contributed by atoms with Crippen LogP contribution in [0, 0.1) is 0 Å². The van der Waals surface area contributed by atoms with Gasteiger partial charge in [0.15, 0.2) is 0 Å². The second-order valence-electron chi connectivity index (χ2n) is 3.04. The minimum Gasteiger partial charge on any atom is -0.375 e. The predicted octanol–water partition coefficient (Wildman–Crippen LogP) is 2.00. The molecule has 2 nitrogen and oxygen atoms in total. The first-order valence-electron chi connectivity index (χ1n) is 4.77. The van der Waals surface area contributed by atoms with Crippen molar-refractivity contribution in [1.29, 1.82) is 0 Å². The van der Waals surface area contributed by atoms with Gasteiger partial charge in [0.1, 0.15) is 6.61 Å². The van der Waals surface area contributed by atoms with E-state index in [-0.39, 0.29) is 6.54 Å². The fourth-order valence-electron chi connectivity index (χ4n) is 0.886. The lowest BCUT2D eigenvalue weighted by Crippen LogP contribution is -2.36. The van der Waals surface area contributed by atoms with E-state index in [0.29, 0.717) is 13.2 Å². The van der Waals surface area contributed by atoms with Crippen molar-refractivity contribution in [3.8, 4) is 0 Å². The van der Waals surface area contributed by atoms with Crippen molar-refractivity contribution in [2.75, 3.05) is 38.3 Å². The lowest BCUT2D eigenvalue weighted by Gasteiger charge is -2.16. The lowest BCUT2D eigenvalue weighted by atomic mass is 10.3. The highest BCUT2D eigenvalue weighted by molar-refractivity contribution is 7.98. The van der Waals surface area contributed by atoms with Crippen LogP contribution in [0.25, 0.3) is 0 Å². The number of hydrogen-bond donors (Lipinski definition) is 1. The molecule has 0 saturated carbocycles. The highest BCUT2D eigenvalue weighted by atomic mass is 32.2. The molecular weight excluding hydrogens is 208 g/mol. The highest BCUT2D eigenvalue weighted by Gasteiger charge is 2.28. The summed E-state index contributed by atoms with van der Waals surface area (Å²) in [5.74, 6) is -1.78. The zero-order valence-electron chi connectivity index (χ0n) is 8.82. The number of thioether (sulfide) groups is 1. The second-order valence-corrected chi connectivity index (χ2v) is 4.02. The zero-order chi connectivity index (χ0) is 10.9. The van der Waals surface area contributed by atoms with Crippen LogP contribution in [0.4, 0.5) is 8.78 Å². The Morgan fingerprint density at radius 1 is 1.43 bits per heavy atom. The molecule has 0 bridgehead atoms. The van der Waals surface area contributed by atoms with E-state index in [0.717, 1.165) is 12.2 Å². The molecule has 5 heteroatoms. The molecule has 86 valence electrons. The molecule has 0 aromatic heterocycles. The third-order valence-corrected chi connectivity index (χ3v) is 2.28. The summed E-state index contributed by atoms with van der Waals surface area (Å²) < 4.78 is 30.7. The molecule has 0 saturated heterocycles. The third kappa shape index (κ3) is 8.72. The van der Waals surface area contributed by atoms with Gasteiger partial charge in [-0.3, -0.25) is 0 Å². The van der Waals surface area contributed by atoms with Gasteiger partial charge in [0.2, 0.25) is 0 Å². The monoisotopic (exact) mass is 227 g/mol. The van der Waals surface area contributed by atoms with Gasteiger partial charge >= 0.3 is 0 Å². The Balaban J connectivity index is 3.35. The molecule has 0 radical (unpaired) electrons. The van der Waals surface area contributed by atoms with Crippen molar-refractivity contribution < 1.29 is 13.5 Å². The van der Waals surface area contributed by atoms with E-state index in [1.807, 2.05) is 6.26 Å². The molecule has 0 aliphatic heterocycles. The van der Waals surface area contributed by atoms with Crippen molar-refractivity contribution in [2.24, 2.45) is 0 Å². The maximum absolute atomic E-state index is 12.9. The van der Waals surface area contributed by atoms with Crippen LogP contribution in [0.2, 0.25) is 0 Å². The third-order valence-electron chi connectivity index (χ3n) is 1.58. The summed E-state index contributed by atoms with van der Waals surface area (Å²) in [4.78, 5) is 0. The number of rotatable bonds is 9. The molecule has 0 spiro atoms. The van der Waals surface area contributed by atoms with Crippen LogP contribution in [0.1, 0.15) is 13.3 Å². The van der Waals surface area contributed by atoms with Crippen molar-refractivity contribution in [1.82, 2.24) is 5.32 Å². The quantitative estimate of drug-likeness (QED) is 0.609. The summed E-state index contributed by atoms with van der Waals surface area (Å²) in [5.41, 5.74) is 0. The number of hydrogen-bond acceptors (Lipinski definition) is 3. The Morgan fingerprint density at radius 3 is 2.71 bits per heavy atom. The van der Waals surface area contributed by atoms with Gasteiger partial charge in [-0.2, -0.15) is 11.8 Å². The summed E-state index contributed by atoms with van der Waals surface area (Å²) >= 11 is 1.69. The Kier molecular flexibility index (Phi) is 8.52. The molecule has 0 fully saturated rings. The van der Waals surface area contributed by atoms with Gasteiger partial charge in [0.05, 0.1) is 6.54 Å². The zero-order valence-corrected chi connectivity index (χ0v) is 9.63. The summed E-state index contributed by atoms with van der Waals surface area (Å²) in [6.45, 7) is 2.00. The van der Waals surface area contributed by atoms with E-state index in [1.54, 1.807) is 18.7 Å². The van der Waals surface area contributed by atoms with Crippen LogP contribution in [0.3, 0.4) is 0 Å². The molecule has 1 N–H and O–H groups in total. The second kappa shape index (κ2) is 8.44. The molecule has 0 amide bonds. The van der Waals surface area contributed by atoms with Crippen LogP contribution >= 0.6 is 11.8 Å². The molecule has 0 atom stereocenters. The summed E-state index contributed by atoms with van der Waals surface area (Å²) in [6.07, 6.45) is 2.82. The Morgan fingerprint density at radius 2 is 2.14 bits per heavy atom. The fourth-order valence-corrected chi connectivity index (χ4v) is 1.29. The van der Waals surface area contributed by atoms with Gasteiger partial charge in [-0.25, -0.2) is 8.78 Å². The molecule has 0 heterocycles. The SMILES string of the molecule is CCNCC(F)(F)COCCCSC. The maximum atomic E-state index is 12.9. The van der Waals surface area contributed by atoms with E-state index in [4.69, 9.17) is 4.74 Å². The molecular formula is C9H19F2NOS. The van der Waals surface area contributed by atoms with Crippen molar-refractivity contribution in [2.45, 2.75) is 19.3 Å². The molecule has 14 heavy (non-hydrogen) atoms. The number of nitrogens with one attached hydrogen (secondary N) is 1. The Hall–Kier alpha value is 0.130. The smallest absolute Gasteiger partial charge is 0.283 e. The largest absolute Gasteiger partial charge is 0.375 e. The van der Waals surface area contributed by atoms with Gasteiger partial charge in [0.25, 0.3) is 5.92 Å². The average molecular weight is 227 g/mol. The van der Waals surface area contributed by atoms with Crippen molar-refractivity contribution >= 4 is 11.8 Å². The average Bonchev–Trinajstić information content (AvgIpc) is 2.15. The minimum atomic E-state index is -2.74. The fraction of sp³-hybridized carbons (Fsp3) is 1.00. The Bertz CT molecular complexity index is 136. The van der Waals surface area contributed by atoms with Crippen LogP contribution in [-0.4, -0.2) is 44.2 Å². The van der Waals surface area contributed by atoms with E-state index in [9.17, 15) is 8.78 Å². The molecule has 0 aliphatic rings. The van der Waals surface area contributed by atoms with E-state index in [1.165, 1.54) is 0 Å². The number of alkyl halides is 2. The van der Waals surface area contributed by atoms with Crippen LogP contribution in [0.15, 0.2) is 0 Å². The van der Waals surface area contributed by atoms with Crippen LogP contribution < -0.4 is 5.32 Å². The normalized spacial score (nSPS) is 12.0. The van der Waals surface area contributed by atoms with Gasteiger partial charge < -0.3 is 10.1 Å². The molecule has 0 aliphatic carbocycles. The van der Waals surface area contributed by atoms with E-state index in [2.05, 4.69) is 5.32 Å². The summed E-state index contributed by atoms with van der Waals surface area (Å²) in [6, 6.07) is 0. The maximum Gasteiger partial charge on any atom is 0.283 e. The van der Waals surface area contributed by atoms with Gasteiger partial charge in [-0.05, 0) is 25.0 Å². The number of ether oxygens (including phenoxy) is 1. The first-order valence-corrected chi connectivity index (χ1v) is 6.17. The van der Waals surface area contributed by atoms with Gasteiger partial charge in [-0.15, -0.1) is 0 Å². The van der Waals surface area contributed by atoms with Crippen molar-refractivity contribution in [3.05, 3.63) is 0 Å². The molecule has 0 aromatic carbocycles. The first kappa shape index (κ1) is 14.1. The van der Waals surface area contributed by atoms with E-state index >= 15 is 0 Å². The summed E-state index contributed by atoms with van der Waals surface area (Å²) in [7, 11) is 0. The minimum absolute atomic E-state index is 0.300. The standard InChI is InChI=1S/C9H19F2NOS/c1-3-12-7-9(10,11)8-13-5-4-6-14-2/h12H,3-8H2,1-2H3. The Labute approximate surface area is 88.8 Å². The first-order chi connectivity index (χ1) is 6.62.